The number of carbonyl (C=O) groups excluding carboxylic acids is 1. The van der Waals surface area contributed by atoms with Crippen molar-refractivity contribution in [3.8, 4) is 5.75 Å². The first-order chi connectivity index (χ1) is 12.1. The first-order valence-electron chi connectivity index (χ1n) is 8.70. The summed E-state index contributed by atoms with van der Waals surface area (Å²) in [7, 11) is 1.65. The van der Waals surface area contributed by atoms with Crippen LogP contribution < -0.4 is 15.4 Å². The van der Waals surface area contributed by atoms with E-state index in [9.17, 15) is 4.79 Å². The lowest BCUT2D eigenvalue weighted by atomic mass is 10.1. The highest BCUT2D eigenvalue weighted by Gasteiger charge is 2.08. The molecule has 0 fully saturated rings. The Bertz CT molecular complexity index is 686. The van der Waals surface area contributed by atoms with Gasteiger partial charge in [-0.15, -0.1) is 0 Å². The van der Waals surface area contributed by atoms with Crippen molar-refractivity contribution in [2.24, 2.45) is 5.92 Å². The predicted molar refractivity (Wildman–Crippen MR) is 101 cm³/mol. The van der Waals surface area contributed by atoms with Gasteiger partial charge in [0, 0.05) is 24.8 Å². The second-order valence-electron chi connectivity index (χ2n) is 6.36. The van der Waals surface area contributed by atoms with Gasteiger partial charge in [-0.05, 0) is 42.5 Å². The van der Waals surface area contributed by atoms with Gasteiger partial charge in [-0.2, -0.15) is 0 Å². The molecule has 0 aliphatic heterocycles. The summed E-state index contributed by atoms with van der Waals surface area (Å²) in [4.78, 5) is 16.6. The molecule has 134 valence electrons. The van der Waals surface area contributed by atoms with Crippen LogP contribution in [-0.4, -0.2) is 31.1 Å². The quantitative estimate of drug-likeness (QED) is 0.732. The van der Waals surface area contributed by atoms with Gasteiger partial charge < -0.3 is 15.4 Å². The van der Waals surface area contributed by atoms with E-state index in [0.29, 0.717) is 18.0 Å². The zero-order valence-corrected chi connectivity index (χ0v) is 15.2. The van der Waals surface area contributed by atoms with E-state index >= 15 is 0 Å². The fourth-order valence-corrected chi connectivity index (χ4v) is 2.48. The molecule has 0 aliphatic rings. The Labute approximate surface area is 149 Å². The van der Waals surface area contributed by atoms with Crippen LogP contribution in [-0.2, 0) is 6.42 Å². The molecule has 0 aliphatic carbocycles. The molecule has 0 unspecified atom stereocenters. The van der Waals surface area contributed by atoms with Crippen LogP contribution in [0, 0.1) is 5.92 Å². The Balaban J connectivity index is 1.86. The van der Waals surface area contributed by atoms with Gasteiger partial charge in [0.05, 0.1) is 7.11 Å². The molecule has 0 saturated heterocycles. The third-order valence-electron chi connectivity index (χ3n) is 3.92. The van der Waals surface area contributed by atoms with Crippen LogP contribution in [0.3, 0.4) is 0 Å². The maximum absolute atomic E-state index is 12.3. The Hall–Kier alpha value is -2.56. The molecule has 5 heteroatoms. The summed E-state index contributed by atoms with van der Waals surface area (Å²) in [6.45, 7) is 5.77. The SMILES string of the molecule is COc1ccccc1CCNC(=O)c1ccnc(NCCC(C)C)c1. The lowest BCUT2D eigenvalue weighted by Gasteiger charge is -2.10. The van der Waals surface area contributed by atoms with Gasteiger partial charge in [0.25, 0.3) is 5.91 Å². The fourth-order valence-electron chi connectivity index (χ4n) is 2.48. The third-order valence-corrected chi connectivity index (χ3v) is 3.92. The summed E-state index contributed by atoms with van der Waals surface area (Å²) < 4.78 is 5.33. The molecule has 0 radical (unpaired) electrons. The third kappa shape index (κ3) is 6.10. The smallest absolute Gasteiger partial charge is 0.251 e. The Morgan fingerprint density at radius 2 is 2.00 bits per heavy atom. The lowest BCUT2D eigenvalue weighted by Crippen LogP contribution is -2.26. The van der Waals surface area contributed by atoms with E-state index in [0.717, 1.165) is 36.5 Å². The lowest BCUT2D eigenvalue weighted by molar-refractivity contribution is 0.0954. The highest BCUT2D eigenvalue weighted by atomic mass is 16.5. The number of nitrogens with zero attached hydrogens (tertiary/aromatic N) is 1. The zero-order chi connectivity index (χ0) is 18.1. The molecule has 0 atom stereocenters. The minimum Gasteiger partial charge on any atom is -0.496 e. The molecule has 1 heterocycles. The topological polar surface area (TPSA) is 63.2 Å². The number of hydrogen-bond acceptors (Lipinski definition) is 4. The molecule has 0 spiro atoms. The van der Waals surface area contributed by atoms with Gasteiger partial charge in [0.15, 0.2) is 0 Å². The van der Waals surface area contributed by atoms with E-state index in [1.165, 1.54) is 0 Å². The van der Waals surface area contributed by atoms with Crippen LogP contribution in [0.1, 0.15) is 36.2 Å². The molecule has 1 amide bonds. The van der Waals surface area contributed by atoms with E-state index in [-0.39, 0.29) is 5.91 Å². The molecule has 2 rings (SSSR count). The normalized spacial score (nSPS) is 10.6. The molecule has 1 aromatic heterocycles. The van der Waals surface area contributed by atoms with E-state index in [4.69, 9.17) is 4.74 Å². The summed E-state index contributed by atoms with van der Waals surface area (Å²) in [5.41, 5.74) is 1.69. The summed E-state index contributed by atoms with van der Waals surface area (Å²) in [5.74, 6) is 2.12. The minimum atomic E-state index is -0.0933. The molecule has 25 heavy (non-hydrogen) atoms. The number of aromatic nitrogens is 1. The maximum atomic E-state index is 12.3. The summed E-state index contributed by atoms with van der Waals surface area (Å²) in [6, 6.07) is 11.4. The van der Waals surface area contributed by atoms with Gasteiger partial charge in [-0.3, -0.25) is 4.79 Å². The second-order valence-corrected chi connectivity index (χ2v) is 6.36. The van der Waals surface area contributed by atoms with Gasteiger partial charge in [0.1, 0.15) is 11.6 Å². The fraction of sp³-hybridized carbons (Fsp3) is 0.400. The molecule has 2 N–H and O–H groups in total. The highest BCUT2D eigenvalue weighted by molar-refractivity contribution is 5.94. The number of rotatable bonds is 9. The number of benzene rings is 1. The average molecular weight is 341 g/mol. The number of anilines is 1. The Morgan fingerprint density at radius 1 is 1.20 bits per heavy atom. The van der Waals surface area contributed by atoms with Crippen molar-refractivity contribution in [3.63, 3.8) is 0 Å². The number of amides is 1. The predicted octanol–water partition coefficient (Wildman–Crippen LogP) is 3.52. The monoisotopic (exact) mass is 341 g/mol. The van der Waals surface area contributed by atoms with Crippen LogP contribution in [0.15, 0.2) is 42.6 Å². The van der Waals surface area contributed by atoms with E-state index in [2.05, 4.69) is 29.5 Å². The number of carbonyl (C=O) groups is 1. The Morgan fingerprint density at radius 3 is 2.76 bits per heavy atom. The molecule has 0 saturated carbocycles. The van der Waals surface area contributed by atoms with Crippen LogP contribution >= 0.6 is 0 Å². The summed E-state index contributed by atoms with van der Waals surface area (Å²) in [6.07, 6.45) is 3.45. The highest BCUT2D eigenvalue weighted by Crippen LogP contribution is 2.17. The number of pyridine rings is 1. The molecule has 0 bridgehead atoms. The minimum absolute atomic E-state index is 0.0933. The van der Waals surface area contributed by atoms with Crippen molar-refractivity contribution in [1.82, 2.24) is 10.3 Å². The van der Waals surface area contributed by atoms with Crippen LogP contribution in [0.25, 0.3) is 0 Å². The maximum Gasteiger partial charge on any atom is 0.251 e. The zero-order valence-electron chi connectivity index (χ0n) is 15.2. The van der Waals surface area contributed by atoms with Crippen molar-refractivity contribution >= 4 is 11.7 Å². The van der Waals surface area contributed by atoms with Crippen molar-refractivity contribution in [1.29, 1.82) is 0 Å². The molecule has 1 aromatic carbocycles. The molecular weight excluding hydrogens is 314 g/mol. The van der Waals surface area contributed by atoms with Gasteiger partial charge >= 0.3 is 0 Å². The van der Waals surface area contributed by atoms with Crippen LogP contribution in [0.4, 0.5) is 5.82 Å². The van der Waals surface area contributed by atoms with Gasteiger partial charge in [-0.25, -0.2) is 4.98 Å². The van der Waals surface area contributed by atoms with Gasteiger partial charge in [-0.1, -0.05) is 32.0 Å². The van der Waals surface area contributed by atoms with Crippen LogP contribution in [0.2, 0.25) is 0 Å². The van der Waals surface area contributed by atoms with E-state index < -0.39 is 0 Å². The molecular formula is C20H27N3O2. The molecule has 5 nitrogen and oxygen atoms in total. The van der Waals surface area contributed by atoms with Crippen LogP contribution in [0.5, 0.6) is 5.75 Å². The largest absolute Gasteiger partial charge is 0.496 e. The number of para-hydroxylation sites is 1. The molecule has 2 aromatic rings. The van der Waals surface area contributed by atoms with Crippen molar-refractivity contribution in [2.45, 2.75) is 26.7 Å². The van der Waals surface area contributed by atoms with Crippen molar-refractivity contribution < 1.29 is 9.53 Å². The first kappa shape index (κ1) is 18.8. The van der Waals surface area contributed by atoms with E-state index in [1.807, 2.05) is 24.3 Å². The average Bonchev–Trinajstić information content (AvgIpc) is 2.62. The standard InChI is InChI=1S/C20H27N3O2/c1-15(2)8-11-21-19-14-17(10-12-22-19)20(24)23-13-9-16-6-4-5-7-18(16)25-3/h4-7,10,12,14-15H,8-9,11,13H2,1-3H3,(H,21,22)(H,23,24). The van der Waals surface area contributed by atoms with Crippen molar-refractivity contribution in [2.75, 3.05) is 25.5 Å². The number of ether oxygens (including phenoxy) is 1. The van der Waals surface area contributed by atoms with E-state index in [1.54, 1.807) is 25.4 Å². The summed E-state index contributed by atoms with van der Waals surface area (Å²) >= 11 is 0. The van der Waals surface area contributed by atoms with Gasteiger partial charge in [0.2, 0.25) is 0 Å². The second kappa shape index (κ2) is 9.67. The number of hydrogen-bond donors (Lipinski definition) is 2. The van der Waals surface area contributed by atoms with Crippen molar-refractivity contribution in [3.05, 3.63) is 53.7 Å². The summed E-state index contributed by atoms with van der Waals surface area (Å²) in [5, 5.41) is 6.21. The Kier molecular flexibility index (Phi) is 7.26. The first-order valence-corrected chi connectivity index (χ1v) is 8.70. The number of methoxy groups -OCH3 is 1. The number of nitrogens with one attached hydrogen (secondary N) is 2.